The van der Waals surface area contributed by atoms with Gasteiger partial charge in [0.25, 0.3) is 0 Å². The number of benzene rings is 1. The minimum Gasteiger partial charge on any atom is -0.444 e. The Hall–Kier alpha value is -2.10. The highest BCUT2D eigenvalue weighted by Gasteiger charge is 2.26. The second-order valence-corrected chi connectivity index (χ2v) is 7.69. The van der Waals surface area contributed by atoms with Crippen LogP contribution in [0.5, 0.6) is 0 Å². The maximum atomic E-state index is 12.6. The molecular weight excluding hydrogens is 505 g/mol. The molecule has 3 rings (SSSR count). The fraction of sp³-hybridized carbons (Fsp3) is 0.522. The summed E-state index contributed by atoms with van der Waals surface area (Å²) in [4.78, 5) is 23.4. The third kappa shape index (κ3) is 6.95. The molecule has 2 N–H and O–H groups in total. The van der Waals surface area contributed by atoms with Gasteiger partial charge in [0, 0.05) is 37.7 Å². The normalized spacial score (nSPS) is 15.0. The van der Waals surface area contributed by atoms with E-state index in [2.05, 4.69) is 34.5 Å². The lowest BCUT2D eigenvalue weighted by molar-refractivity contribution is -0.136. The number of piperidine rings is 1. The van der Waals surface area contributed by atoms with Gasteiger partial charge in [-0.1, -0.05) is 32.0 Å². The zero-order valence-electron chi connectivity index (χ0n) is 18.6. The fourth-order valence-corrected chi connectivity index (χ4v) is 3.80. The predicted molar refractivity (Wildman–Crippen MR) is 134 cm³/mol. The van der Waals surface area contributed by atoms with E-state index in [-0.39, 0.29) is 29.9 Å². The van der Waals surface area contributed by atoms with Crippen molar-refractivity contribution in [2.45, 2.75) is 52.1 Å². The molecule has 2 heterocycles. The SMILES string of the molecule is CCC(CC)C(=O)N1CCC(NC(=NC)NCc2coc(-c3ccccc3)n2)CC1.I. The van der Waals surface area contributed by atoms with Gasteiger partial charge < -0.3 is 20.0 Å². The topological polar surface area (TPSA) is 82.8 Å². The van der Waals surface area contributed by atoms with Crippen molar-refractivity contribution in [1.29, 1.82) is 0 Å². The summed E-state index contributed by atoms with van der Waals surface area (Å²) < 4.78 is 5.59. The summed E-state index contributed by atoms with van der Waals surface area (Å²) in [6.45, 7) is 6.31. The Morgan fingerprint density at radius 2 is 1.90 bits per heavy atom. The average molecular weight is 539 g/mol. The van der Waals surface area contributed by atoms with Gasteiger partial charge in [-0.2, -0.15) is 0 Å². The van der Waals surface area contributed by atoms with Crippen molar-refractivity contribution in [3.63, 3.8) is 0 Å². The minimum absolute atomic E-state index is 0. The highest BCUT2D eigenvalue weighted by Crippen LogP contribution is 2.18. The van der Waals surface area contributed by atoms with Gasteiger partial charge in [-0.25, -0.2) is 4.98 Å². The first kappa shape index (κ1) is 25.2. The highest BCUT2D eigenvalue weighted by atomic mass is 127. The molecule has 1 aromatic heterocycles. The Labute approximate surface area is 202 Å². The smallest absolute Gasteiger partial charge is 0.226 e. The van der Waals surface area contributed by atoms with Crippen molar-refractivity contribution in [2.24, 2.45) is 10.9 Å². The van der Waals surface area contributed by atoms with Gasteiger partial charge in [0.05, 0.1) is 12.2 Å². The summed E-state index contributed by atoms with van der Waals surface area (Å²) >= 11 is 0. The van der Waals surface area contributed by atoms with Gasteiger partial charge in [-0.05, 0) is 37.8 Å². The van der Waals surface area contributed by atoms with E-state index in [4.69, 9.17) is 4.42 Å². The zero-order chi connectivity index (χ0) is 21.3. The number of rotatable bonds is 7. The van der Waals surface area contributed by atoms with Crippen LogP contribution in [0, 0.1) is 5.92 Å². The molecule has 0 saturated carbocycles. The van der Waals surface area contributed by atoms with Crippen molar-refractivity contribution in [2.75, 3.05) is 20.1 Å². The molecule has 0 atom stereocenters. The monoisotopic (exact) mass is 539 g/mol. The second-order valence-electron chi connectivity index (χ2n) is 7.69. The van der Waals surface area contributed by atoms with E-state index in [0.717, 1.165) is 56.0 Å². The van der Waals surface area contributed by atoms with Crippen LogP contribution < -0.4 is 10.6 Å². The first-order valence-corrected chi connectivity index (χ1v) is 10.9. The molecule has 1 saturated heterocycles. The second kappa shape index (κ2) is 12.7. The lowest BCUT2D eigenvalue weighted by Gasteiger charge is -2.34. The van der Waals surface area contributed by atoms with Crippen LogP contribution in [0.3, 0.4) is 0 Å². The van der Waals surface area contributed by atoms with Gasteiger partial charge >= 0.3 is 0 Å². The quantitative estimate of drug-likeness (QED) is 0.315. The van der Waals surface area contributed by atoms with Gasteiger partial charge in [-0.3, -0.25) is 9.79 Å². The maximum absolute atomic E-state index is 12.6. The highest BCUT2D eigenvalue weighted by molar-refractivity contribution is 14.0. The summed E-state index contributed by atoms with van der Waals surface area (Å²) in [6.07, 6.45) is 5.35. The molecule has 1 amide bonds. The van der Waals surface area contributed by atoms with Crippen molar-refractivity contribution in [3.8, 4) is 11.5 Å². The number of aliphatic imine (C=N–C) groups is 1. The van der Waals surface area contributed by atoms with Crippen LogP contribution in [0.25, 0.3) is 11.5 Å². The first-order chi connectivity index (χ1) is 14.6. The Balaban J connectivity index is 0.00000341. The van der Waals surface area contributed by atoms with E-state index >= 15 is 0 Å². The van der Waals surface area contributed by atoms with Crippen LogP contribution in [0.1, 0.15) is 45.2 Å². The Kier molecular flexibility index (Phi) is 10.3. The largest absolute Gasteiger partial charge is 0.444 e. The van der Waals surface area contributed by atoms with E-state index in [0.29, 0.717) is 24.4 Å². The van der Waals surface area contributed by atoms with E-state index in [9.17, 15) is 4.79 Å². The summed E-state index contributed by atoms with van der Waals surface area (Å²) in [5.41, 5.74) is 1.78. The number of guanidine groups is 1. The Bertz CT molecular complexity index is 828. The van der Waals surface area contributed by atoms with Crippen LogP contribution in [0.2, 0.25) is 0 Å². The van der Waals surface area contributed by atoms with Crippen LogP contribution >= 0.6 is 24.0 Å². The molecule has 170 valence electrons. The Morgan fingerprint density at radius 3 is 2.52 bits per heavy atom. The number of carbonyl (C=O) groups excluding carboxylic acids is 1. The third-order valence-corrected chi connectivity index (χ3v) is 5.72. The van der Waals surface area contributed by atoms with E-state index in [1.165, 1.54) is 0 Å². The minimum atomic E-state index is 0. The molecule has 1 fully saturated rings. The molecule has 8 heteroatoms. The number of halogens is 1. The van der Waals surface area contributed by atoms with Gasteiger partial charge in [-0.15, -0.1) is 24.0 Å². The van der Waals surface area contributed by atoms with Crippen LogP contribution in [-0.2, 0) is 11.3 Å². The predicted octanol–water partition coefficient (Wildman–Crippen LogP) is 4.05. The number of aromatic nitrogens is 1. The number of likely N-dealkylation sites (tertiary alicyclic amines) is 1. The summed E-state index contributed by atoms with van der Waals surface area (Å²) in [5, 5.41) is 6.78. The average Bonchev–Trinajstić information content (AvgIpc) is 3.27. The van der Waals surface area contributed by atoms with Crippen molar-refractivity contribution >= 4 is 35.8 Å². The number of nitrogens with zero attached hydrogens (tertiary/aromatic N) is 3. The molecule has 0 spiro atoms. The number of amides is 1. The molecule has 0 unspecified atom stereocenters. The van der Waals surface area contributed by atoms with Crippen LogP contribution in [-0.4, -0.2) is 47.9 Å². The van der Waals surface area contributed by atoms with Crippen molar-refractivity contribution in [1.82, 2.24) is 20.5 Å². The third-order valence-electron chi connectivity index (χ3n) is 5.72. The standard InChI is InChI=1S/C23H33N5O2.HI/c1-4-17(5-2)22(29)28-13-11-19(12-14-28)27-23(24-3)25-15-20-16-30-21(26-20)18-9-7-6-8-10-18;/h6-10,16-17,19H,4-5,11-15H2,1-3H3,(H2,24,25,27);1H. The lowest BCUT2D eigenvalue weighted by Crippen LogP contribution is -2.50. The molecule has 1 aliphatic heterocycles. The van der Waals surface area contributed by atoms with E-state index in [1.807, 2.05) is 35.2 Å². The molecule has 0 aliphatic carbocycles. The zero-order valence-corrected chi connectivity index (χ0v) is 21.0. The molecule has 1 aromatic carbocycles. The number of hydrogen-bond acceptors (Lipinski definition) is 4. The summed E-state index contributed by atoms with van der Waals surface area (Å²) in [5.74, 6) is 1.82. The molecular formula is C23H34IN5O2. The summed E-state index contributed by atoms with van der Waals surface area (Å²) in [7, 11) is 1.76. The summed E-state index contributed by atoms with van der Waals surface area (Å²) in [6, 6.07) is 10.2. The first-order valence-electron chi connectivity index (χ1n) is 10.9. The van der Waals surface area contributed by atoms with Gasteiger partial charge in [0.1, 0.15) is 6.26 Å². The van der Waals surface area contributed by atoms with Crippen LogP contribution in [0.4, 0.5) is 0 Å². The molecule has 0 radical (unpaired) electrons. The number of hydrogen-bond donors (Lipinski definition) is 2. The van der Waals surface area contributed by atoms with E-state index in [1.54, 1.807) is 13.3 Å². The van der Waals surface area contributed by atoms with Crippen molar-refractivity contribution < 1.29 is 9.21 Å². The fourth-order valence-electron chi connectivity index (χ4n) is 3.80. The molecule has 31 heavy (non-hydrogen) atoms. The molecule has 0 bridgehead atoms. The maximum Gasteiger partial charge on any atom is 0.226 e. The van der Waals surface area contributed by atoms with Crippen molar-refractivity contribution in [3.05, 3.63) is 42.3 Å². The molecule has 1 aliphatic rings. The van der Waals surface area contributed by atoms with Gasteiger partial charge in [0.2, 0.25) is 11.8 Å². The van der Waals surface area contributed by atoms with Crippen LogP contribution in [0.15, 0.2) is 46.0 Å². The van der Waals surface area contributed by atoms with E-state index < -0.39 is 0 Å². The lowest BCUT2D eigenvalue weighted by atomic mass is 9.98. The van der Waals surface area contributed by atoms with Gasteiger partial charge in [0.15, 0.2) is 5.96 Å². The molecule has 2 aromatic rings. The Morgan fingerprint density at radius 1 is 1.23 bits per heavy atom. The number of oxazole rings is 1. The molecule has 7 nitrogen and oxygen atoms in total. The number of nitrogens with one attached hydrogen (secondary N) is 2. The number of carbonyl (C=O) groups is 1.